The Morgan fingerprint density at radius 1 is 1.26 bits per heavy atom. The van der Waals surface area contributed by atoms with Crippen LogP contribution in [0.3, 0.4) is 0 Å². The van der Waals surface area contributed by atoms with Crippen LogP contribution in [0.2, 0.25) is 0 Å². The largest absolute Gasteiger partial charge is 0.481 e. The third-order valence-electron chi connectivity index (χ3n) is 3.75. The Morgan fingerprint density at radius 3 is 2.58 bits per heavy atom. The van der Waals surface area contributed by atoms with Crippen LogP contribution in [0.1, 0.15) is 25.7 Å². The molecule has 2 aliphatic heterocycles. The summed E-state index contributed by atoms with van der Waals surface area (Å²) in [5.74, 6) is 0.491. The first-order valence-corrected chi connectivity index (χ1v) is 8.02. The molecular weight excluding hydrogens is 266 g/mol. The SMILES string of the molecule is O=C(O)C1CCN(C(=O)CSCC2CCCO2)CC1. The number of hydrogen-bond donors (Lipinski definition) is 1. The summed E-state index contributed by atoms with van der Waals surface area (Å²) in [6.07, 6.45) is 3.71. The van der Waals surface area contributed by atoms with Crippen LogP contribution >= 0.6 is 11.8 Å². The molecule has 0 aromatic heterocycles. The van der Waals surface area contributed by atoms with E-state index in [1.807, 2.05) is 0 Å². The minimum Gasteiger partial charge on any atom is -0.481 e. The van der Waals surface area contributed by atoms with Gasteiger partial charge in [-0.05, 0) is 25.7 Å². The molecule has 1 atom stereocenters. The zero-order valence-electron chi connectivity index (χ0n) is 11.0. The molecule has 108 valence electrons. The molecule has 2 rings (SSSR count). The van der Waals surface area contributed by atoms with Gasteiger partial charge >= 0.3 is 5.97 Å². The molecule has 0 aromatic rings. The lowest BCUT2D eigenvalue weighted by atomic mass is 9.97. The van der Waals surface area contributed by atoms with Crippen LogP contribution in [0.25, 0.3) is 0 Å². The molecule has 0 aromatic carbocycles. The fourth-order valence-corrected chi connectivity index (χ4v) is 3.52. The number of likely N-dealkylation sites (tertiary alicyclic amines) is 1. The normalized spacial score (nSPS) is 24.6. The van der Waals surface area contributed by atoms with Gasteiger partial charge in [-0.1, -0.05) is 0 Å². The Balaban J connectivity index is 1.62. The Bertz CT molecular complexity index is 323. The van der Waals surface area contributed by atoms with Crippen molar-refractivity contribution >= 4 is 23.6 Å². The van der Waals surface area contributed by atoms with E-state index >= 15 is 0 Å². The van der Waals surface area contributed by atoms with E-state index in [0.717, 1.165) is 25.2 Å². The molecule has 0 spiro atoms. The molecule has 0 radical (unpaired) electrons. The van der Waals surface area contributed by atoms with Gasteiger partial charge in [-0.25, -0.2) is 0 Å². The summed E-state index contributed by atoms with van der Waals surface area (Å²) < 4.78 is 5.51. The molecule has 6 heteroatoms. The van der Waals surface area contributed by atoms with E-state index in [9.17, 15) is 9.59 Å². The third-order valence-corrected chi connectivity index (χ3v) is 4.81. The van der Waals surface area contributed by atoms with Crippen molar-refractivity contribution in [2.45, 2.75) is 31.8 Å². The highest BCUT2D eigenvalue weighted by atomic mass is 32.2. The summed E-state index contributed by atoms with van der Waals surface area (Å²) in [7, 11) is 0. The maximum absolute atomic E-state index is 12.0. The molecule has 0 bridgehead atoms. The number of nitrogens with zero attached hydrogens (tertiary/aromatic N) is 1. The number of aliphatic carboxylic acids is 1. The smallest absolute Gasteiger partial charge is 0.306 e. The molecule has 2 aliphatic rings. The molecule has 5 nitrogen and oxygen atoms in total. The van der Waals surface area contributed by atoms with Crippen molar-refractivity contribution in [2.75, 3.05) is 31.2 Å². The van der Waals surface area contributed by atoms with Crippen LogP contribution < -0.4 is 0 Å². The van der Waals surface area contributed by atoms with Crippen LogP contribution in [0.4, 0.5) is 0 Å². The summed E-state index contributed by atoms with van der Waals surface area (Å²) in [6, 6.07) is 0. The number of carbonyl (C=O) groups excluding carboxylic acids is 1. The molecule has 1 unspecified atom stereocenters. The summed E-state index contributed by atoms with van der Waals surface area (Å²) in [4.78, 5) is 24.6. The quantitative estimate of drug-likeness (QED) is 0.823. The molecule has 0 aliphatic carbocycles. The van der Waals surface area contributed by atoms with Crippen molar-refractivity contribution in [2.24, 2.45) is 5.92 Å². The lowest BCUT2D eigenvalue weighted by Gasteiger charge is -2.30. The number of hydrogen-bond acceptors (Lipinski definition) is 4. The van der Waals surface area contributed by atoms with Gasteiger partial charge in [0.05, 0.1) is 17.8 Å². The number of piperidine rings is 1. The second kappa shape index (κ2) is 7.14. The molecule has 1 amide bonds. The number of rotatable bonds is 5. The number of ether oxygens (including phenoxy) is 1. The van der Waals surface area contributed by atoms with Crippen molar-refractivity contribution in [3.63, 3.8) is 0 Å². The Morgan fingerprint density at radius 2 is 2.00 bits per heavy atom. The predicted molar refractivity (Wildman–Crippen MR) is 73.2 cm³/mol. The molecule has 0 saturated carbocycles. The van der Waals surface area contributed by atoms with Crippen molar-refractivity contribution in [1.29, 1.82) is 0 Å². The molecule has 2 heterocycles. The van der Waals surface area contributed by atoms with Crippen LogP contribution in [0.5, 0.6) is 0 Å². The van der Waals surface area contributed by atoms with E-state index in [1.165, 1.54) is 0 Å². The van der Waals surface area contributed by atoms with E-state index in [-0.39, 0.29) is 11.8 Å². The highest BCUT2D eigenvalue weighted by Gasteiger charge is 2.27. The Kier molecular flexibility index (Phi) is 5.51. The average Bonchev–Trinajstić information content (AvgIpc) is 2.92. The Hall–Kier alpha value is -0.750. The Labute approximate surface area is 117 Å². The highest BCUT2D eigenvalue weighted by Crippen LogP contribution is 2.20. The van der Waals surface area contributed by atoms with E-state index in [0.29, 0.717) is 37.8 Å². The van der Waals surface area contributed by atoms with Gasteiger partial charge in [0.25, 0.3) is 0 Å². The van der Waals surface area contributed by atoms with Crippen LogP contribution in [0.15, 0.2) is 0 Å². The highest BCUT2D eigenvalue weighted by molar-refractivity contribution is 7.99. The van der Waals surface area contributed by atoms with Crippen molar-refractivity contribution in [3.05, 3.63) is 0 Å². The number of amides is 1. The maximum atomic E-state index is 12.0. The monoisotopic (exact) mass is 287 g/mol. The van der Waals surface area contributed by atoms with Gasteiger partial charge in [0, 0.05) is 25.4 Å². The summed E-state index contributed by atoms with van der Waals surface area (Å²) in [5, 5.41) is 8.90. The van der Waals surface area contributed by atoms with Gasteiger partial charge in [-0.3, -0.25) is 9.59 Å². The van der Waals surface area contributed by atoms with E-state index < -0.39 is 5.97 Å². The van der Waals surface area contributed by atoms with Crippen LogP contribution in [-0.4, -0.2) is 59.2 Å². The molecular formula is C13H21NO4S. The fourth-order valence-electron chi connectivity index (χ4n) is 2.52. The van der Waals surface area contributed by atoms with E-state index in [1.54, 1.807) is 16.7 Å². The number of carboxylic acids is 1. The molecule has 2 saturated heterocycles. The minimum absolute atomic E-state index is 0.131. The summed E-state index contributed by atoms with van der Waals surface area (Å²) in [5.41, 5.74) is 0. The number of carbonyl (C=O) groups is 2. The first-order valence-electron chi connectivity index (χ1n) is 6.86. The van der Waals surface area contributed by atoms with Crippen molar-refractivity contribution in [3.8, 4) is 0 Å². The van der Waals surface area contributed by atoms with Gasteiger partial charge in [0.2, 0.25) is 5.91 Å². The van der Waals surface area contributed by atoms with E-state index in [4.69, 9.17) is 9.84 Å². The van der Waals surface area contributed by atoms with Crippen molar-refractivity contribution in [1.82, 2.24) is 4.90 Å². The molecule has 2 fully saturated rings. The lowest BCUT2D eigenvalue weighted by molar-refractivity contribution is -0.145. The topological polar surface area (TPSA) is 66.8 Å². The van der Waals surface area contributed by atoms with E-state index in [2.05, 4.69) is 0 Å². The molecule has 19 heavy (non-hydrogen) atoms. The zero-order chi connectivity index (χ0) is 13.7. The second-order valence-electron chi connectivity index (χ2n) is 5.14. The van der Waals surface area contributed by atoms with Gasteiger partial charge in [0.15, 0.2) is 0 Å². The number of thioether (sulfide) groups is 1. The predicted octanol–water partition coefficient (Wildman–Crippen LogP) is 1.22. The fraction of sp³-hybridized carbons (Fsp3) is 0.846. The van der Waals surface area contributed by atoms with Gasteiger partial charge in [0.1, 0.15) is 0 Å². The summed E-state index contributed by atoms with van der Waals surface area (Å²) in [6.45, 7) is 2.01. The maximum Gasteiger partial charge on any atom is 0.306 e. The zero-order valence-corrected chi connectivity index (χ0v) is 11.9. The third kappa shape index (κ3) is 4.38. The molecule has 1 N–H and O–H groups in total. The van der Waals surface area contributed by atoms with Gasteiger partial charge < -0.3 is 14.7 Å². The van der Waals surface area contributed by atoms with Crippen molar-refractivity contribution < 1.29 is 19.4 Å². The number of carboxylic acid groups (broad SMARTS) is 1. The first-order chi connectivity index (χ1) is 9.16. The first kappa shape index (κ1) is 14.7. The lowest BCUT2D eigenvalue weighted by Crippen LogP contribution is -2.41. The minimum atomic E-state index is -0.736. The van der Waals surface area contributed by atoms with Gasteiger partial charge in [-0.2, -0.15) is 0 Å². The second-order valence-corrected chi connectivity index (χ2v) is 6.17. The summed E-state index contributed by atoms with van der Waals surface area (Å²) >= 11 is 1.63. The van der Waals surface area contributed by atoms with Gasteiger partial charge in [-0.15, -0.1) is 11.8 Å². The average molecular weight is 287 g/mol. The van der Waals surface area contributed by atoms with Crippen LogP contribution in [0, 0.1) is 5.92 Å². The standard InChI is InChI=1S/C13H21NO4S/c15-12(9-19-8-11-2-1-7-18-11)14-5-3-10(4-6-14)13(16)17/h10-11H,1-9H2,(H,16,17). The van der Waals surface area contributed by atoms with Crippen LogP contribution in [-0.2, 0) is 14.3 Å².